The van der Waals surface area contributed by atoms with Gasteiger partial charge in [0.1, 0.15) is 17.5 Å². The summed E-state index contributed by atoms with van der Waals surface area (Å²) < 4.78 is 10.8. The number of esters is 2. The molecule has 12 nitrogen and oxygen atoms in total. The van der Waals surface area contributed by atoms with Gasteiger partial charge in [-0.2, -0.15) is 0 Å². The number of nitrogens with one attached hydrogen (secondary N) is 3. The molecule has 3 aromatic rings. The molecule has 12 heteroatoms. The molecule has 0 unspecified atom stereocenters. The van der Waals surface area contributed by atoms with E-state index < -0.39 is 29.3 Å². The van der Waals surface area contributed by atoms with Crippen molar-refractivity contribution in [2.24, 2.45) is 5.41 Å². The number of methoxy groups -OCH3 is 2. The molecule has 0 saturated heterocycles. The van der Waals surface area contributed by atoms with Gasteiger partial charge < -0.3 is 25.1 Å². The molecule has 2 heterocycles. The summed E-state index contributed by atoms with van der Waals surface area (Å²) in [5, 5.41) is 5.71. The highest BCUT2D eigenvalue weighted by Crippen LogP contribution is 2.19. The van der Waals surface area contributed by atoms with Crippen molar-refractivity contribution in [3.8, 4) is 0 Å². The third kappa shape index (κ3) is 7.53. The monoisotopic (exact) mass is 539 g/mol. The molecular formula is C27H33N5O7. The zero-order valence-corrected chi connectivity index (χ0v) is 22.6. The summed E-state index contributed by atoms with van der Waals surface area (Å²) in [5.74, 6) is -1.44. The van der Waals surface area contributed by atoms with Gasteiger partial charge in [0.05, 0.1) is 25.9 Å². The number of amides is 2. The molecule has 0 aliphatic heterocycles. The highest BCUT2D eigenvalue weighted by atomic mass is 16.5. The molecule has 0 spiro atoms. The molecule has 0 saturated carbocycles. The Bertz CT molecular complexity index is 1420. The second-order valence-corrected chi connectivity index (χ2v) is 10.0. The standard InChI is InChI=1S/C27H33N5O7/c1-27(2,3)26(37)31-20-14-18-22(30-20)28-15-32(24(18)35)13-12-16-6-8-17(9-7-16)23(34)29-19(25(36)39-5)10-11-21(33)38-4/h6-9,14-15,19,30H,10-13H2,1-5H3,(H,29,34)(H,31,37)/t19-/m0/s1. The van der Waals surface area contributed by atoms with E-state index in [9.17, 15) is 24.0 Å². The first-order valence-electron chi connectivity index (χ1n) is 12.4. The van der Waals surface area contributed by atoms with Crippen LogP contribution >= 0.6 is 0 Å². The summed E-state index contributed by atoms with van der Waals surface area (Å²) in [4.78, 5) is 68.5. The number of aromatic amines is 1. The van der Waals surface area contributed by atoms with Gasteiger partial charge in [-0.15, -0.1) is 0 Å². The number of carbonyl (C=O) groups is 4. The summed E-state index contributed by atoms with van der Waals surface area (Å²) in [5.41, 5.74) is 0.746. The van der Waals surface area contributed by atoms with Crippen molar-refractivity contribution >= 4 is 40.6 Å². The van der Waals surface area contributed by atoms with Crippen molar-refractivity contribution < 1.29 is 28.7 Å². The quantitative estimate of drug-likeness (QED) is 0.330. The zero-order valence-electron chi connectivity index (χ0n) is 22.6. The van der Waals surface area contributed by atoms with E-state index in [1.54, 1.807) is 51.1 Å². The van der Waals surface area contributed by atoms with Crippen LogP contribution in [0, 0.1) is 5.41 Å². The minimum atomic E-state index is -0.994. The largest absolute Gasteiger partial charge is 0.469 e. The molecule has 208 valence electrons. The van der Waals surface area contributed by atoms with Crippen molar-refractivity contribution in [2.45, 2.75) is 52.6 Å². The van der Waals surface area contributed by atoms with Crippen LogP contribution in [0.5, 0.6) is 0 Å². The third-order valence-corrected chi connectivity index (χ3v) is 6.06. The number of hydrogen-bond acceptors (Lipinski definition) is 8. The summed E-state index contributed by atoms with van der Waals surface area (Å²) in [6.07, 6.45) is 1.93. The smallest absolute Gasteiger partial charge is 0.328 e. The molecule has 39 heavy (non-hydrogen) atoms. The maximum absolute atomic E-state index is 13.0. The Kier molecular flexibility index (Phi) is 9.23. The molecule has 0 fully saturated rings. The first kappa shape index (κ1) is 29.1. The first-order chi connectivity index (χ1) is 18.4. The Morgan fingerprint density at radius 1 is 1.08 bits per heavy atom. The van der Waals surface area contributed by atoms with Gasteiger partial charge in [-0.3, -0.25) is 23.7 Å². The fourth-order valence-corrected chi connectivity index (χ4v) is 3.65. The third-order valence-electron chi connectivity index (χ3n) is 6.06. The number of fused-ring (bicyclic) bond motifs is 1. The predicted molar refractivity (Wildman–Crippen MR) is 143 cm³/mol. The van der Waals surface area contributed by atoms with Crippen LogP contribution in [0.4, 0.5) is 5.82 Å². The SMILES string of the molecule is COC(=O)CC[C@H](NC(=O)c1ccc(CCn2cnc3[nH]c(NC(=O)C(C)(C)C)cc3c2=O)cc1)C(=O)OC. The minimum Gasteiger partial charge on any atom is -0.469 e. The predicted octanol–water partition coefficient (Wildman–Crippen LogP) is 2.18. The van der Waals surface area contributed by atoms with E-state index in [2.05, 4.69) is 25.3 Å². The lowest BCUT2D eigenvalue weighted by atomic mass is 9.96. The van der Waals surface area contributed by atoms with E-state index in [1.165, 1.54) is 25.1 Å². The Hall–Kier alpha value is -4.48. The van der Waals surface area contributed by atoms with Crippen LogP contribution in [0.15, 0.2) is 41.5 Å². The molecule has 1 aromatic carbocycles. The number of benzene rings is 1. The van der Waals surface area contributed by atoms with Crippen molar-refractivity contribution in [2.75, 3.05) is 19.5 Å². The second kappa shape index (κ2) is 12.4. The van der Waals surface area contributed by atoms with Crippen LogP contribution in [0.3, 0.4) is 0 Å². The number of anilines is 1. The van der Waals surface area contributed by atoms with Crippen LogP contribution in [0.25, 0.3) is 11.0 Å². The first-order valence-corrected chi connectivity index (χ1v) is 12.4. The topological polar surface area (TPSA) is 161 Å². The van der Waals surface area contributed by atoms with Crippen LogP contribution in [0.1, 0.15) is 49.5 Å². The molecule has 2 amide bonds. The van der Waals surface area contributed by atoms with E-state index in [0.29, 0.717) is 35.4 Å². The molecule has 0 aliphatic carbocycles. The molecule has 3 N–H and O–H groups in total. The average molecular weight is 540 g/mol. The minimum absolute atomic E-state index is 0.0435. The number of aromatic nitrogens is 3. The number of hydrogen-bond donors (Lipinski definition) is 3. The number of H-pyrrole nitrogens is 1. The van der Waals surface area contributed by atoms with Gasteiger partial charge >= 0.3 is 11.9 Å². The normalized spacial score (nSPS) is 12.0. The maximum atomic E-state index is 13.0. The molecule has 2 aromatic heterocycles. The maximum Gasteiger partial charge on any atom is 0.328 e. The molecule has 0 aliphatic rings. The van der Waals surface area contributed by atoms with Crippen LogP contribution in [0.2, 0.25) is 0 Å². The number of carbonyl (C=O) groups excluding carboxylic acids is 4. The fourth-order valence-electron chi connectivity index (χ4n) is 3.65. The molecule has 1 atom stereocenters. The molecule has 0 radical (unpaired) electrons. The fraction of sp³-hybridized carbons (Fsp3) is 0.407. The van der Waals surface area contributed by atoms with Crippen LogP contribution < -0.4 is 16.2 Å². The molecular weight excluding hydrogens is 506 g/mol. The Balaban J connectivity index is 1.64. The zero-order chi connectivity index (χ0) is 28.7. The Morgan fingerprint density at radius 3 is 2.38 bits per heavy atom. The van der Waals surface area contributed by atoms with Gasteiger partial charge in [0, 0.05) is 23.9 Å². The van der Waals surface area contributed by atoms with Crippen LogP contribution in [-0.2, 0) is 36.8 Å². The van der Waals surface area contributed by atoms with E-state index in [-0.39, 0.29) is 24.3 Å². The van der Waals surface area contributed by atoms with Crippen molar-refractivity contribution in [3.05, 3.63) is 58.1 Å². The summed E-state index contributed by atoms with van der Waals surface area (Å²) in [6.45, 7) is 5.73. The number of rotatable bonds is 10. The summed E-state index contributed by atoms with van der Waals surface area (Å²) in [7, 11) is 2.44. The van der Waals surface area contributed by atoms with E-state index >= 15 is 0 Å². The summed E-state index contributed by atoms with van der Waals surface area (Å²) >= 11 is 0. The van der Waals surface area contributed by atoms with Crippen molar-refractivity contribution in [1.29, 1.82) is 0 Å². The van der Waals surface area contributed by atoms with Crippen molar-refractivity contribution in [1.82, 2.24) is 19.9 Å². The molecule has 0 bridgehead atoms. The van der Waals surface area contributed by atoms with E-state index in [4.69, 9.17) is 4.74 Å². The number of aryl methyl sites for hydroxylation is 2. The van der Waals surface area contributed by atoms with Gasteiger partial charge in [-0.1, -0.05) is 32.9 Å². The number of ether oxygens (including phenoxy) is 2. The highest BCUT2D eigenvalue weighted by Gasteiger charge is 2.24. The van der Waals surface area contributed by atoms with Gasteiger partial charge in [0.15, 0.2) is 0 Å². The number of nitrogens with zero attached hydrogens (tertiary/aromatic N) is 2. The van der Waals surface area contributed by atoms with Crippen LogP contribution in [-0.4, -0.2) is 58.5 Å². The van der Waals surface area contributed by atoms with Gasteiger partial charge in [0.2, 0.25) is 5.91 Å². The van der Waals surface area contributed by atoms with Gasteiger partial charge in [-0.25, -0.2) is 9.78 Å². The average Bonchev–Trinajstić information content (AvgIpc) is 3.33. The van der Waals surface area contributed by atoms with Gasteiger partial charge in [-0.05, 0) is 36.6 Å². The lowest BCUT2D eigenvalue weighted by Crippen LogP contribution is -2.41. The highest BCUT2D eigenvalue weighted by molar-refractivity contribution is 5.97. The van der Waals surface area contributed by atoms with Crippen molar-refractivity contribution in [3.63, 3.8) is 0 Å². The summed E-state index contributed by atoms with van der Waals surface area (Å²) in [6, 6.07) is 7.31. The van der Waals surface area contributed by atoms with E-state index in [1.807, 2.05) is 0 Å². The lowest BCUT2D eigenvalue weighted by Gasteiger charge is -2.16. The molecule has 3 rings (SSSR count). The Labute approximate surface area is 225 Å². The lowest BCUT2D eigenvalue weighted by molar-refractivity contribution is -0.144. The second-order valence-electron chi connectivity index (χ2n) is 10.0. The van der Waals surface area contributed by atoms with E-state index in [0.717, 1.165) is 5.56 Å². The van der Waals surface area contributed by atoms with Gasteiger partial charge in [0.25, 0.3) is 11.5 Å². The Morgan fingerprint density at radius 2 is 1.77 bits per heavy atom.